The average Bonchev–Trinajstić information content (AvgIpc) is 2.55. The zero-order chi connectivity index (χ0) is 14.7. The van der Waals surface area contributed by atoms with Gasteiger partial charge in [-0.2, -0.15) is 0 Å². The second-order valence-electron chi connectivity index (χ2n) is 5.15. The van der Waals surface area contributed by atoms with Crippen LogP contribution < -0.4 is 0 Å². The van der Waals surface area contributed by atoms with E-state index in [0.717, 1.165) is 12.0 Å². The van der Waals surface area contributed by atoms with Crippen LogP contribution >= 0.6 is 0 Å². The summed E-state index contributed by atoms with van der Waals surface area (Å²) in [7, 11) is 0. The number of rotatable bonds is 4. The largest absolute Gasteiger partial charge is 0.0984 e. The van der Waals surface area contributed by atoms with Gasteiger partial charge in [0.15, 0.2) is 0 Å². The predicted octanol–water partition coefficient (Wildman–Crippen LogP) is 5.72. The predicted molar refractivity (Wildman–Crippen MR) is 93.4 cm³/mol. The molecule has 0 aliphatic carbocycles. The molecule has 0 heterocycles. The highest BCUT2D eigenvalue weighted by Crippen LogP contribution is 2.29. The Hall–Kier alpha value is -2.60. The summed E-state index contributed by atoms with van der Waals surface area (Å²) < 4.78 is 0. The molecule has 0 bridgehead atoms. The molecule has 102 valence electrons. The number of fused-ring (bicyclic) bond motifs is 1. The Morgan fingerprint density at radius 1 is 0.810 bits per heavy atom. The van der Waals surface area contributed by atoms with Crippen molar-refractivity contribution < 1.29 is 0 Å². The molecule has 0 aliphatic rings. The zero-order valence-corrected chi connectivity index (χ0v) is 12.0. The summed E-state index contributed by atoms with van der Waals surface area (Å²) >= 11 is 0. The van der Waals surface area contributed by atoms with Crippen molar-refractivity contribution in [3.8, 4) is 0 Å². The molecule has 0 nitrogen and oxygen atoms in total. The molecule has 3 rings (SSSR count). The molecule has 0 radical (unpaired) electrons. The first-order chi connectivity index (χ1) is 10.3. The standard InChI is InChI=1S/C21H18/c1-3-17-15-18-12-8-9-13-20(18)21(19(17)4-2)14-16-10-6-5-7-11-16/h3-13,15H,1-2,14H2. The van der Waals surface area contributed by atoms with Gasteiger partial charge in [0.1, 0.15) is 0 Å². The first kappa shape index (κ1) is 13.4. The second kappa shape index (κ2) is 5.80. The van der Waals surface area contributed by atoms with Gasteiger partial charge in [-0.15, -0.1) is 0 Å². The van der Waals surface area contributed by atoms with Crippen LogP contribution in [-0.2, 0) is 6.42 Å². The molecule has 0 atom stereocenters. The van der Waals surface area contributed by atoms with Gasteiger partial charge >= 0.3 is 0 Å². The monoisotopic (exact) mass is 270 g/mol. The number of benzene rings is 3. The van der Waals surface area contributed by atoms with Gasteiger partial charge in [0.25, 0.3) is 0 Å². The van der Waals surface area contributed by atoms with E-state index in [1.165, 1.54) is 27.5 Å². The Bertz CT molecular complexity index is 795. The minimum absolute atomic E-state index is 0.907. The zero-order valence-electron chi connectivity index (χ0n) is 12.0. The van der Waals surface area contributed by atoms with Gasteiger partial charge in [-0.25, -0.2) is 0 Å². The third kappa shape index (κ3) is 2.53. The summed E-state index contributed by atoms with van der Waals surface area (Å²) in [6, 6.07) is 21.3. The van der Waals surface area contributed by atoms with Crippen LogP contribution in [0.15, 0.2) is 73.8 Å². The van der Waals surface area contributed by atoms with E-state index in [2.05, 4.69) is 73.8 Å². The number of hydrogen-bond donors (Lipinski definition) is 0. The minimum atomic E-state index is 0.907. The fourth-order valence-electron chi connectivity index (χ4n) is 2.86. The maximum Gasteiger partial charge on any atom is -0.00135 e. The van der Waals surface area contributed by atoms with Crippen LogP contribution in [0.1, 0.15) is 22.3 Å². The molecule has 0 amide bonds. The molecule has 0 aliphatic heterocycles. The van der Waals surface area contributed by atoms with E-state index in [4.69, 9.17) is 0 Å². The SMILES string of the molecule is C=Cc1cc2ccccc2c(Cc2ccccc2)c1C=C. The molecule has 0 aromatic heterocycles. The molecule has 21 heavy (non-hydrogen) atoms. The maximum absolute atomic E-state index is 4.00. The van der Waals surface area contributed by atoms with E-state index in [-0.39, 0.29) is 0 Å². The van der Waals surface area contributed by atoms with Gasteiger partial charge < -0.3 is 0 Å². The van der Waals surface area contributed by atoms with Gasteiger partial charge in [0.2, 0.25) is 0 Å². The van der Waals surface area contributed by atoms with Crippen LogP contribution in [0.25, 0.3) is 22.9 Å². The van der Waals surface area contributed by atoms with E-state index in [1.807, 2.05) is 12.2 Å². The van der Waals surface area contributed by atoms with E-state index in [9.17, 15) is 0 Å². The smallest absolute Gasteiger partial charge is 0.00135 e. The highest BCUT2D eigenvalue weighted by atomic mass is 14.1. The van der Waals surface area contributed by atoms with Crippen LogP contribution in [-0.4, -0.2) is 0 Å². The summed E-state index contributed by atoms with van der Waals surface area (Å²) in [5.41, 5.74) is 4.97. The molecule has 0 heteroatoms. The topological polar surface area (TPSA) is 0 Å². The third-order valence-electron chi connectivity index (χ3n) is 3.88. The molecule has 0 spiro atoms. The molecule has 3 aromatic carbocycles. The summed E-state index contributed by atoms with van der Waals surface area (Å²) in [4.78, 5) is 0. The summed E-state index contributed by atoms with van der Waals surface area (Å²) in [5, 5.41) is 2.55. The molecular weight excluding hydrogens is 252 g/mol. The first-order valence-electron chi connectivity index (χ1n) is 7.17. The Balaban J connectivity index is 2.27. The maximum atomic E-state index is 4.00. The van der Waals surface area contributed by atoms with Crippen LogP contribution in [0.3, 0.4) is 0 Å². The summed E-state index contributed by atoms with van der Waals surface area (Å²) in [5.74, 6) is 0. The van der Waals surface area contributed by atoms with Crippen molar-refractivity contribution in [1.29, 1.82) is 0 Å². The fourth-order valence-corrected chi connectivity index (χ4v) is 2.86. The highest BCUT2D eigenvalue weighted by molar-refractivity contribution is 5.92. The van der Waals surface area contributed by atoms with E-state index in [1.54, 1.807) is 0 Å². The van der Waals surface area contributed by atoms with Crippen molar-refractivity contribution in [1.82, 2.24) is 0 Å². The number of hydrogen-bond acceptors (Lipinski definition) is 0. The molecule has 0 unspecified atom stereocenters. The fraction of sp³-hybridized carbons (Fsp3) is 0.0476. The van der Waals surface area contributed by atoms with Crippen molar-refractivity contribution in [2.45, 2.75) is 6.42 Å². The lowest BCUT2D eigenvalue weighted by Gasteiger charge is -2.14. The van der Waals surface area contributed by atoms with Crippen LogP contribution in [0, 0.1) is 0 Å². The van der Waals surface area contributed by atoms with Gasteiger partial charge in [-0.3, -0.25) is 0 Å². The summed E-state index contributed by atoms with van der Waals surface area (Å²) in [6.07, 6.45) is 4.77. The minimum Gasteiger partial charge on any atom is -0.0984 e. The van der Waals surface area contributed by atoms with Gasteiger partial charge in [0.05, 0.1) is 0 Å². The van der Waals surface area contributed by atoms with Gasteiger partial charge in [-0.05, 0) is 45.5 Å². The second-order valence-corrected chi connectivity index (χ2v) is 5.15. The Morgan fingerprint density at radius 2 is 1.52 bits per heavy atom. The lowest BCUT2D eigenvalue weighted by Crippen LogP contribution is -1.96. The van der Waals surface area contributed by atoms with E-state index < -0.39 is 0 Å². The quantitative estimate of drug-likeness (QED) is 0.569. The first-order valence-corrected chi connectivity index (χ1v) is 7.17. The molecule has 0 N–H and O–H groups in total. The van der Waals surface area contributed by atoms with E-state index >= 15 is 0 Å². The Labute approximate surface area is 126 Å². The lowest BCUT2D eigenvalue weighted by molar-refractivity contribution is 1.20. The van der Waals surface area contributed by atoms with Crippen molar-refractivity contribution in [3.05, 3.63) is 96.1 Å². The van der Waals surface area contributed by atoms with Crippen molar-refractivity contribution >= 4 is 22.9 Å². The molecule has 0 fully saturated rings. The van der Waals surface area contributed by atoms with Crippen molar-refractivity contribution in [3.63, 3.8) is 0 Å². The Kier molecular flexibility index (Phi) is 3.70. The van der Waals surface area contributed by atoms with Crippen LogP contribution in [0.5, 0.6) is 0 Å². The van der Waals surface area contributed by atoms with Gasteiger partial charge in [0, 0.05) is 0 Å². The van der Waals surface area contributed by atoms with Gasteiger partial charge in [-0.1, -0.05) is 79.9 Å². The van der Waals surface area contributed by atoms with Crippen molar-refractivity contribution in [2.24, 2.45) is 0 Å². The normalized spacial score (nSPS) is 10.5. The molecule has 0 saturated heterocycles. The highest BCUT2D eigenvalue weighted by Gasteiger charge is 2.10. The molecule has 0 saturated carbocycles. The molecule has 3 aromatic rings. The van der Waals surface area contributed by atoms with Crippen LogP contribution in [0.4, 0.5) is 0 Å². The van der Waals surface area contributed by atoms with Crippen LogP contribution in [0.2, 0.25) is 0 Å². The van der Waals surface area contributed by atoms with E-state index in [0.29, 0.717) is 0 Å². The Morgan fingerprint density at radius 3 is 2.24 bits per heavy atom. The molecular formula is C21H18. The average molecular weight is 270 g/mol. The third-order valence-corrected chi connectivity index (χ3v) is 3.88. The summed E-state index contributed by atoms with van der Waals surface area (Å²) in [6.45, 7) is 7.95. The lowest BCUT2D eigenvalue weighted by atomic mass is 9.90. The van der Waals surface area contributed by atoms with Crippen molar-refractivity contribution in [2.75, 3.05) is 0 Å².